The van der Waals surface area contributed by atoms with Gasteiger partial charge in [-0.1, -0.05) is 23.5 Å². The van der Waals surface area contributed by atoms with Crippen LogP contribution in [-0.2, 0) is 22.5 Å². The fourth-order valence-corrected chi connectivity index (χ4v) is 4.10. The molecule has 0 spiro atoms. The SMILES string of the molecule is Cc1nc2ccccc2n1CCC(=O)Nc1nnc(CCN2CCOCC2)s1. The molecule has 2 aromatic heterocycles. The highest BCUT2D eigenvalue weighted by molar-refractivity contribution is 7.15. The molecule has 3 aromatic rings. The van der Waals surface area contributed by atoms with Gasteiger partial charge in [0.2, 0.25) is 11.0 Å². The van der Waals surface area contributed by atoms with E-state index in [1.54, 1.807) is 0 Å². The van der Waals surface area contributed by atoms with Crippen molar-refractivity contribution in [3.63, 3.8) is 0 Å². The number of anilines is 1. The lowest BCUT2D eigenvalue weighted by molar-refractivity contribution is -0.116. The third-order valence-electron chi connectivity index (χ3n) is 4.87. The first-order valence-electron chi connectivity index (χ1n) is 9.53. The summed E-state index contributed by atoms with van der Waals surface area (Å²) in [6.07, 6.45) is 1.21. The number of morpholine rings is 1. The molecule has 0 bridgehead atoms. The van der Waals surface area contributed by atoms with Gasteiger partial charge in [-0.3, -0.25) is 9.69 Å². The molecule has 1 amide bonds. The minimum atomic E-state index is -0.0620. The monoisotopic (exact) mass is 400 g/mol. The fraction of sp³-hybridized carbons (Fsp3) is 0.474. The molecule has 1 N–H and O–H groups in total. The van der Waals surface area contributed by atoms with Crippen molar-refractivity contribution in [2.45, 2.75) is 26.3 Å². The molecule has 0 radical (unpaired) electrons. The van der Waals surface area contributed by atoms with Crippen LogP contribution in [0.2, 0.25) is 0 Å². The van der Waals surface area contributed by atoms with E-state index in [-0.39, 0.29) is 5.91 Å². The number of benzene rings is 1. The molecule has 0 saturated carbocycles. The van der Waals surface area contributed by atoms with E-state index in [0.29, 0.717) is 18.1 Å². The van der Waals surface area contributed by atoms with Gasteiger partial charge in [0.1, 0.15) is 10.8 Å². The summed E-state index contributed by atoms with van der Waals surface area (Å²) in [6.45, 7) is 7.00. The Morgan fingerprint density at radius 1 is 1.21 bits per heavy atom. The van der Waals surface area contributed by atoms with Crippen LogP contribution in [-0.4, -0.2) is 63.4 Å². The molecule has 0 atom stereocenters. The van der Waals surface area contributed by atoms with Crippen LogP contribution in [0.4, 0.5) is 5.13 Å². The summed E-state index contributed by atoms with van der Waals surface area (Å²) in [5.41, 5.74) is 2.00. The van der Waals surface area contributed by atoms with E-state index >= 15 is 0 Å². The van der Waals surface area contributed by atoms with Gasteiger partial charge in [0.05, 0.1) is 24.2 Å². The minimum absolute atomic E-state index is 0.0620. The lowest BCUT2D eigenvalue weighted by Gasteiger charge is -2.25. The Hall–Kier alpha value is -2.36. The number of carbonyl (C=O) groups excluding carboxylic acids is 1. The number of nitrogens with zero attached hydrogens (tertiary/aromatic N) is 5. The number of rotatable bonds is 7. The molecule has 1 fully saturated rings. The van der Waals surface area contributed by atoms with E-state index in [2.05, 4.69) is 30.0 Å². The first-order valence-corrected chi connectivity index (χ1v) is 10.3. The van der Waals surface area contributed by atoms with Crippen LogP contribution < -0.4 is 5.32 Å². The predicted molar refractivity (Wildman–Crippen MR) is 109 cm³/mol. The highest BCUT2D eigenvalue weighted by atomic mass is 32.1. The zero-order valence-electron chi connectivity index (χ0n) is 15.9. The van der Waals surface area contributed by atoms with Crippen LogP contribution >= 0.6 is 11.3 Å². The maximum Gasteiger partial charge on any atom is 0.227 e. The van der Waals surface area contributed by atoms with Crippen molar-refractivity contribution in [1.29, 1.82) is 0 Å². The summed E-state index contributed by atoms with van der Waals surface area (Å²) in [6, 6.07) is 7.97. The lowest BCUT2D eigenvalue weighted by Crippen LogP contribution is -2.37. The third-order valence-corrected chi connectivity index (χ3v) is 5.77. The molecule has 1 aromatic carbocycles. The van der Waals surface area contributed by atoms with Crippen molar-refractivity contribution in [3.05, 3.63) is 35.1 Å². The fourth-order valence-electron chi connectivity index (χ4n) is 3.36. The van der Waals surface area contributed by atoms with Gasteiger partial charge in [-0.05, 0) is 19.1 Å². The number of aromatic nitrogens is 4. The average Bonchev–Trinajstić information content (AvgIpc) is 3.28. The number of aryl methyl sites for hydroxylation is 2. The molecule has 8 nitrogen and oxygen atoms in total. The second-order valence-corrected chi connectivity index (χ2v) is 7.86. The number of nitrogens with one attached hydrogen (secondary N) is 1. The number of amides is 1. The highest BCUT2D eigenvalue weighted by Crippen LogP contribution is 2.18. The number of para-hydroxylation sites is 2. The van der Waals surface area contributed by atoms with Crippen molar-refractivity contribution in [1.82, 2.24) is 24.6 Å². The molecule has 1 saturated heterocycles. The summed E-state index contributed by atoms with van der Waals surface area (Å²) in [7, 11) is 0. The first kappa shape index (κ1) is 19.0. The molecular formula is C19H24N6O2S. The predicted octanol–water partition coefficient (Wildman–Crippen LogP) is 2.10. The minimum Gasteiger partial charge on any atom is -0.379 e. The Bertz CT molecular complexity index is 947. The van der Waals surface area contributed by atoms with Gasteiger partial charge in [0.15, 0.2) is 0 Å². The molecular weight excluding hydrogens is 376 g/mol. The highest BCUT2D eigenvalue weighted by Gasteiger charge is 2.13. The van der Waals surface area contributed by atoms with Crippen molar-refractivity contribution in [3.8, 4) is 0 Å². The Morgan fingerprint density at radius 3 is 2.89 bits per heavy atom. The van der Waals surface area contributed by atoms with Gasteiger partial charge >= 0.3 is 0 Å². The number of hydrogen-bond acceptors (Lipinski definition) is 7. The standard InChI is InChI=1S/C19H24N6O2S/c1-14-20-15-4-2-3-5-16(15)25(14)9-6-17(26)21-19-23-22-18(28-19)7-8-24-10-12-27-13-11-24/h2-5H,6-13H2,1H3,(H,21,23,26). The maximum absolute atomic E-state index is 12.3. The molecule has 1 aliphatic heterocycles. The first-order chi connectivity index (χ1) is 13.7. The molecule has 1 aliphatic rings. The second-order valence-electron chi connectivity index (χ2n) is 6.80. The molecule has 0 aliphatic carbocycles. The summed E-state index contributed by atoms with van der Waals surface area (Å²) in [5.74, 6) is 0.850. The number of carbonyl (C=O) groups is 1. The van der Waals surface area contributed by atoms with Gasteiger partial charge in [-0.15, -0.1) is 10.2 Å². The Morgan fingerprint density at radius 2 is 2.04 bits per heavy atom. The lowest BCUT2D eigenvalue weighted by atomic mass is 10.3. The van der Waals surface area contributed by atoms with Crippen molar-refractivity contribution >= 4 is 33.4 Å². The number of fused-ring (bicyclic) bond motifs is 1. The van der Waals surface area contributed by atoms with Crippen LogP contribution in [0.15, 0.2) is 24.3 Å². The Kier molecular flexibility index (Phi) is 5.94. The molecule has 3 heterocycles. The largest absolute Gasteiger partial charge is 0.379 e. The zero-order chi connectivity index (χ0) is 19.3. The number of ether oxygens (including phenoxy) is 1. The Balaban J connectivity index is 1.28. The van der Waals surface area contributed by atoms with E-state index in [1.807, 2.05) is 31.2 Å². The van der Waals surface area contributed by atoms with Crippen LogP contribution in [0, 0.1) is 6.92 Å². The molecule has 0 unspecified atom stereocenters. The summed E-state index contributed by atoms with van der Waals surface area (Å²) in [5, 5.41) is 12.7. The van der Waals surface area contributed by atoms with E-state index in [1.165, 1.54) is 11.3 Å². The van der Waals surface area contributed by atoms with Crippen LogP contribution in [0.5, 0.6) is 0 Å². The second kappa shape index (κ2) is 8.76. The van der Waals surface area contributed by atoms with Crippen LogP contribution in [0.1, 0.15) is 17.3 Å². The smallest absolute Gasteiger partial charge is 0.227 e. The normalized spacial score (nSPS) is 15.2. The van der Waals surface area contributed by atoms with E-state index in [9.17, 15) is 4.79 Å². The number of imidazole rings is 1. The van der Waals surface area contributed by atoms with Crippen LogP contribution in [0.25, 0.3) is 11.0 Å². The Labute approximate surface area is 167 Å². The van der Waals surface area contributed by atoms with E-state index in [4.69, 9.17) is 4.74 Å². The topological polar surface area (TPSA) is 85.2 Å². The van der Waals surface area contributed by atoms with Crippen molar-refractivity contribution in [2.75, 3.05) is 38.2 Å². The summed E-state index contributed by atoms with van der Waals surface area (Å²) in [4.78, 5) is 19.2. The summed E-state index contributed by atoms with van der Waals surface area (Å²) < 4.78 is 7.43. The third kappa shape index (κ3) is 4.54. The molecule has 4 rings (SSSR count). The van der Waals surface area contributed by atoms with Gasteiger partial charge < -0.3 is 14.6 Å². The van der Waals surface area contributed by atoms with E-state index in [0.717, 1.165) is 61.1 Å². The summed E-state index contributed by atoms with van der Waals surface area (Å²) >= 11 is 1.45. The van der Waals surface area contributed by atoms with Gasteiger partial charge in [0.25, 0.3) is 0 Å². The van der Waals surface area contributed by atoms with E-state index < -0.39 is 0 Å². The quantitative estimate of drug-likeness (QED) is 0.654. The van der Waals surface area contributed by atoms with Crippen molar-refractivity contribution in [2.24, 2.45) is 0 Å². The average molecular weight is 401 g/mol. The van der Waals surface area contributed by atoms with Crippen LogP contribution in [0.3, 0.4) is 0 Å². The molecule has 28 heavy (non-hydrogen) atoms. The molecule has 9 heteroatoms. The zero-order valence-corrected chi connectivity index (χ0v) is 16.7. The number of hydrogen-bond donors (Lipinski definition) is 1. The van der Waals surface area contributed by atoms with Gasteiger partial charge in [-0.2, -0.15) is 0 Å². The maximum atomic E-state index is 12.3. The van der Waals surface area contributed by atoms with Gasteiger partial charge in [0, 0.05) is 39.0 Å². The van der Waals surface area contributed by atoms with Gasteiger partial charge in [-0.25, -0.2) is 4.98 Å². The van der Waals surface area contributed by atoms with Crippen molar-refractivity contribution < 1.29 is 9.53 Å². The molecule has 148 valence electrons.